The zero-order valence-corrected chi connectivity index (χ0v) is 28.3. The summed E-state index contributed by atoms with van der Waals surface area (Å²) in [6, 6.07) is 9.48. The van der Waals surface area contributed by atoms with E-state index in [0.717, 1.165) is 55.8 Å². The van der Waals surface area contributed by atoms with Crippen molar-refractivity contribution in [2.75, 3.05) is 0 Å². The van der Waals surface area contributed by atoms with Crippen molar-refractivity contribution >= 4 is 51.3 Å². The molecule has 4 fully saturated rings. The van der Waals surface area contributed by atoms with Crippen LogP contribution in [0.4, 0.5) is 4.79 Å². The molecule has 0 aromatic carbocycles. The number of nitrogens with zero attached hydrogens (tertiary/aromatic N) is 5. The van der Waals surface area contributed by atoms with Gasteiger partial charge in [0.1, 0.15) is 5.60 Å². The molecule has 2 aliphatic carbocycles. The Morgan fingerprint density at radius 3 is 1.73 bits per heavy atom. The first-order chi connectivity index (χ1) is 19.5. The van der Waals surface area contributed by atoms with Gasteiger partial charge < -0.3 is 9.64 Å². The van der Waals surface area contributed by atoms with Crippen molar-refractivity contribution < 1.29 is 9.53 Å². The van der Waals surface area contributed by atoms with E-state index in [2.05, 4.69) is 73.4 Å². The second-order valence-electron chi connectivity index (χ2n) is 13.3. The van der Waals surface area contributed by atoms with Gasteiger partial charge in [-0.25, -0.2) is 4.79 Å². The second kappa shape index (κ2) is 11.9. The molecule has 0 radical (unpaired) electrons. The first-order valence-electron chi connectivity index (χ1n) is 14.5. The molecule has 2 unspecified atom stereocenters. The van der Waals surface area contributed by atoms with Crippen LogP contribution in [0.15, 0.2) is 36.9 Å². The molecular weight excluding hydrogens is 740 g/mol. The highest BCUT2D eigenvalue weighted by molar-refractivity contribution is 14.1. The molecule has 6 atom stereocenters. The van der Waals surface area contributed by atoms with Crippen LogP contribution in [0.5, 0.6) is 0 Å². The third kappa shape index (κ3) is 6.51. The monoisotopic (exact) mass is 777 g/mol. The minimum absolute atomic E-state index is 0.0658. The summed E-state index contributed by atoms with van der Waals surface area (Å²) in [5.74, 6) is 1.54. The maximum atomic E-state index is 12.6. The van der Waals surface area contributed by atoms with Crippen LogP contribution in [-0.4, -0.2) is 38.6 Å². The molecule has 0 N–H and O–H groups in total. The molecule has 0 spiro atoms. The quantitative estimate of drug-likeness (QED) is 0.290. The summed E-state index contributed by atoms with van der Waals surface area (Å²) >= 11 is 4.50. The van der Waals surface area contributed by atoms with Crippen LogP contribution in [0.3, 0.4) is 0 Å². The van der Waals surface area contributed by atoms with Crippen LogP contribution in [-0.2, 0) is 15.6 Å². The van der Waals surface area contributed by atoms with Crippen LogP contribution >= 0.6 is 45.2 Å². The highest BCUT2D eigenvalue weighted by atomic mass is 127. The standard InChI is InChI=1S/C18H22IN3O2.C14H15IN2/c1-17(2,3)24-16(23)22-14-4-5-15(22)8-18(7-14,11-20)12-6-13(19)10-21-9-12;15-13-4-12(7-17-8-13)14(9-16)5-10-1-2-11(3-10)6-14/h6,9-10,14-15H,4-5,7-8H2,1-3H3;4,7-8,10-11H,1-3,5-6H2/t14-,15+,18?;10-,11+,14?. The maximum Gasteiger partial charge on any atom is 0.410 e. The fourth-order valence-electron chi connectivity index (χ4n) is 7.61. The van der Waals surface area contributed by atoms with E-state index >= 15 is 0 Å². The number of ether oxygens (including phenoxy) is 1. The van der Waals surface area contributed by atoms with E-state index in [1.807, 2.05) is 44.1 Å². The van der Waals surface area contributed by atoms with Gasteiger partial charge in [0.15, 0.2) is 0 Å². The van der Waals surface area contributed by atoms with Crippen LogP contribution in [0.1, 0.15) is 89.7 Å². The number of halogens is 2. The van der Waals surface area contributed by atoms with Gasteiger partial charge in [-0.2, -0.15) is 10.5 Å². The molecule has 41 heavy (non-hydrogen) atoms. The Balaban J connectivity index is 0.000000174. The van der Waals surface area contributed by atoms with Crippen LogP contribution < -0.4 is 0 Å². The fraction of sp³-hybridized carbons (Fsp3) is 0.594. The summed E-state index contributed by atoms with van der Waals surface area (Å²) in [4.78, 5) is 23.0. The van der Waals surface area contributed by atoms with Crippen LogP contribution in [0.25, 0.3) is 0 Å². The van der Waals surface area contributed by atoms with Gasteiger partial charge in [0, 0.05) is 44.0 Å². The Labute approximate surface area is 270 Å². The minimum atomic E-state index is -0.557. The van der Waals surface area contributed by atoms with Gasteiger partial charge in [0.2, 0.25) is 0 Å². The first-order valence-corrected chi connectivity index (χ1v) is 16.7. The average molecular weight is 777 g/mol. The molecule has 9 heteroatoms. The molecule has 1 amide bonds. The van der Waals surface area contributed by atoms with E-state index in [9.17, 15) is 15.3 Å². The van der Waals surface area contributed by atoms with E-state index in [0.29, 0.717) is 12.8 Å². The van der Waals surface area contributed by atoms with Gasteiger partial charge in [-0.15, -0.1) is 0 Å². The van der Waals surface area contributed by atoms with Gasteiger partial charge in [-0.1, -0.05) is 12.8 Å². The van der Waals surface area contributed by atoms with E-state index in [1.165, 1.54) is 19.3 Å². The number of piperidine rings is 1. The topological polar surface area (TPSA) is 103 Å². The molecule has 4 heterocycles. The lowest BCUT2D eigenvalue weighted by atomic mass is 9.66. The van der Waals surface area contributed by atoms with Gasteiger partial charge >= 0.3 is 6.09 Å². The van der Waals surface area contributed by atoms with Crippen molar-refractivity contribution in [1.82, 2.24) is 14.9 Å². The maximum absolute atomic E-state index is 12.6. The number of hydrogen-bond donors (Lipinski definition) is 0. The summed E-state index contributed by atoms with van der Waals surface area (Å²) in [6.45, 7) is 5.65. The van der Waals surface area contributed by atoms with Crippen LogP contribution in [0.2, 0.25) is 0 Å². The number of pyridine rings is 2. The Morgan fingerprint density at radius 1 is 0.854 bits per heavy atom. The number of hydrogen-bond acceptors (Lipinski definition) is 6. The number of fused-ring (bicyclic) bond motifs is 4. The first kappa shape index (κ1) is 30.5. The number of nitriles is 2. The summed E-state index contributed by atoms with van der Waals surface area (Å²) in [6.07, 6.45) is 16.4. The normalized spacial score (nSPS) is 31.8. The van der Waals surface area contributed by atoms with E-state index in [4.69, 9.17) is 4.74 Å². The van der Waals surface area contributed by atoms with Crippen LogP contribution in [0, 0.1) is 41.6 Å². The molecule has 2 saturated heterocycles. The molecule has 4 bridgehead atoms. The molecule has 2 aromatic heterocycles. The van der Waals surface area contributed by atoms with Crippen molar-refractivity contribution in [3.63, 3.8) is 0 Å². The third-order valence-corrected chi connectivity index (χ3v) is 10.4. The summed E-state index contributed by atoms with van der Waals surface area (Å²) in [5, 5.41) is 19.6. The summed E-state index contributed by atoms with van der Waals surface area (Å²) in [7, 11) is 0. The van der Waals surface area contributed by atoms with E-state index < -0.39 is 11.0 Å². The Hall–Kier alpha value is -1.99. The number of carbonyl (C=O) groups is 1. The van der Waals surface area contributed by atoms with Crippen molar-refractivity contribution in [3.8, 4) is 12.1 Å². The van der Waals surface area contributed by atoms with Gasteiger partial charge in [-0.05, 0) is 146 Å². The molecular formula is C32H37I2N5O2. The van der Waals surface area contributed by atoms with Gasteiger partial charge in [0.05, 0.1) is 23.0 Å². The lowest BCUT2D eigenvalue weighted by Crippen LogP contribution is -2.52. The number of aromatic nitrogens is 2. The average Bonchev–Trinajstić information content (AvgIpc) is 3.42. The van der Waals surface area contributed by atoms with E-state index in [1.54, 1.807) is 12.4 Å². The minimum Gasteiger partial charge on any atom is -0.444 e. The van der Waals surface area contributed by atoms with Crippen molar-refractivity contribution in [1.29, 1.82) is 10.5 Å². The van der Waals surface area contributed by atoms with Crippen molar-refractivity contribution in [3.05, 3.63) is 55.2 Å². The highest BCUT2D eigenvalue weighted by Crippen LogP contribution is 2.51. The Morgan fingerprint density at radius 2 is 1.32 bits per heavy atom. The predicted octanol–water partition coefficient (Wildman–Crippen LogP) is 7.67. The SMILES string of the molecule is CC(C)(C)OC(=O)N1[C@@H]2CC[C@H]1CC(C#N)(c1cncc(I)c1)C2.N#CC1(c2cncc(I)c2)C[C@@H]2CC[C@@H](C2)C1. The fourth-order valence-corrected chi connectivity index (χ4v) is 8.60. The molecule has 216 valence electrons. The van der Waals surface area contributed by atoms with E-state index in [-0.39, 0.29) is 23.6 Å². The number of rotatable bonds is 2. The molecule has 2 aromatic rings. The molecule has 6 rings (SSSR count). The van der Waals surface area contributed by atoms with Crippen molar-refractivity contribution in [2.24, 2.45) is 11.8 Å². The second-order valence-corrected chi connectivity index (χ2v) is 15.8. The molecule has 2 aliphatic heterocycles. The largest absolute Gasteiger partial charge is 0.444 e. The third-order valence-electron chi connectivity index (χ3n) is 9.26. The van der Waals surface area contributed by atoms with Crippen molar-refractivity contribution in [2.45, 2.75) is 107 Å². The molecule has 4 aliphatic rings. The zero-order valence-electron chi connectivity index (χ0n) is 23.9. The number of amides is 1. The summed E-state index contributed by atoms with van der Waals surface area (Å²) in [5.41, 5.74) is 0.803. The Kier molecular flexibility index (Phi) is 8.88. The molecule has 2 saturated carbocycles. The van der Waals surface area contributed by atoms with Gasteiger partial charge in [0.25, 0.3) is 0 Å². The molecule has 7 nitrogen and oxygen atoms in total. The lowest BCUT2D eigenvalue weighted by molar-refractivity contribution is 0.00232. The smallest absolute Gasteiger partial charge is 0.410 e. The lowest BCUT2D eigenvalue weighted by Gasteiger charge is -2.43. The Bertz CT molecular complexity index is 1350. The predicted molar refractivity (Wildman–Crippen MR) is 173 cm³/mol. The van der Waals surface area contributed by atoms with Gasteiger partial charge in [-0.3, -0.25) is 9.97 Å². The summed E-state index contributed by atoms with van der Waals surface area (Å²) < 4.78 is 7.74. The number of carbonyl (C=O) groups excluding carboxylic acids is 1. The highest BCUT2D eigenvalue weighted by Gasteiger charge is 2.52. The zero-order chi connectivity index (χ0) is 29.4.